The van der Waals surface area contributed by atoms with Crippen molar-refractivity contribution in [2.75, 3.05) is 44.3 Å². The number of morpholine rings is 1. The Kier molecular flexibility index (Phi) is 4.77. The van der Waals surface area contributed by atoms with Gasteiger partial charge in [0.25, 0.3) is 0 Å². The molecule has 2 aromatic heterocycles. The molecule has 2 saturated heterocycles. The summed E-state index contributed by atoms with van der Waals surface area (Å²) in [6, 6.07) is 0. The monoisotopic (exact) mass is 348 g/mol. The molecule has 0 unspecified atom stereocenters. The number of thiazole rings is 1. The number of rotatable bonds is 4. The first-order chi connectivity index (χ1) is 11.8. The lowest BCUT2D eigenvalue weighted by molar-refractivity contribution is 0.122. The van der Waals surface area contributed by atoms with Gasteiger partial charge in [0.1, 0.15) is 5.82 Å². The van der Waals surface area contributed by atoms with E-state index >= 15 is 0 Å². The summed E-state index contributed by atoms with van der Waals surface area (Å²) in [7, 11) is 0. The fraction of sp³-hybridized carbons (Fsp3) is 0.688. The highest BCUT2D eigenvalue weighted by Crippen LogP contribution is 2.28. The van der Waals surface area contributed by atoms with Gasteiger partial charge in [0.2, 0.25) is 0 Å². The molecule has 0 aliphatic carbocycles. The second kappa shape index (κ2) is 7.16. The van der Waals surface area contributed by atoms with Crippen molar-refractivity contribution in [3.63, 3.8) is 0 Å². The molecule has 0 aromatic carbocycles. The van der Waals surface area contributed by atoms with Crippen LogP contribution in [0.5, 0.6) is 0 Å². The SMILES string of the molecule is Cc1nc([C@@H]2CCCN(Cc3cnc(N4CCOCC4)s3)C2)n[nH]1. The number of piperidine rings is 1. The summed E-state index contributed by atoms with van der Waals surface area (Å²) in [4.78, 5) is 15.3. The maximum atomic E-state index is 5.42. The second-order valence-corrected chi connectivity index (χ2v) is 7.66. The number of nitrogens with zero attached hydrogens (tertiary/aromatic N) is 5. The smallest absolute Gasteiger partial charge is 0.185 e. The van der Waals surface area contributed by atoms with Gasteiger partial charge in [0.05, 0.1) is 13.2 Å². The zero-order valence-electron chi connectivity index (χ0n) is 14.1. The molecule has 2 fully saturated rings. The van der Waals surface area contributed by atoms with Crippen molar-refractivity contribution in [1.29, 1.82) is 0 Å². The Balaban J connectivity index is 1.37. The van der Waals surface area contributed by atoms with E-state index in [-0.39, 0.29) is 0 Å². The van der Waals surface area contributed by atoms with Crippen LogP contribution in [-0.4, -0.2) is 64.5 Å². The Bertz CT molecular complexity index is 665. The van der Waals surface area contributed by atoms with Crippen LogP contribution < -0.4 is 4.90 Å². The largest absolute Gasteiger partial charge is 0.378 e. The normalized spacial score (nSPS) is 22.9. The van der Waals surface area contributed by atoms with Crippen molar-refractivity contribution in [2.24, 2.45) is 0 Å². The van der Waals surface area contributed by atoms with Gasteiger partial charge in [-0.1, -0.05) is 0 Å². The fourth-order valence-corrected chi connectivity index (χ4v) is 4.45. The van der Waals surface area contributed by atoms with E-state index in [2.05, 4.69) is 30.0 Å². The summed E-state index contributed by atoms with van der Waals surface area (Å²) in [6.45, 7) is 8.61. The molecule has 24 heavy (non-hydrogen) atoms. The lowest BCUT2D eigenvalue weighted by Crippen LogP contribution is -2.36. The number of ether oxygens (including phenoxy) is 1. The number of aromatic nitrogens is 4. The molecule has 0 radical (unpaired) electrons. The number of hydrogen-bond donors (Lipinski definition) is 1. The third kappa shape index (κ3) is 3.60. The first-order valence-corrected chi connectivity index (χ1v) is 9.48. The minimum Gasteiger partial charge on any atom is -0.378 e. The van der Waals surface area contributed by atoms with Gasteiger partial charge in [0, 0.05) is 43.2 Å². The van der Waals surface area contributed by atoms with Crippen LogP contribution in [0.3, 0.4) is 0 Å². The highest BCUT2D eigenvalue weighted by molar-refractivity contribution is 7.15. The Hall–Kier alpha value is -1.51. The number of likely N-dealkylation sites (tertiary alicyclic amines) is 1. The Morgan fingerprint density at radius 1 is 1.33 bits per heavy atom. The molecular weight excluding hydrogens is 324 g/mol. The standard InChI is InChI=1S/C16H24N6OS/c1-12-18-15(20-19-12)13-3-2-4-21(10-13)11-14-9-17-16(24-14)22-5-7-23-8-6-22/h9,13H,2-8,10-11H2,1H3,(H,18,19,20)/t13-/m1/s1. The summed E-state index contributed by atoms with van der Waals surface area (Å²) < 4.78 is 5.42. The number of nitrogens with one attached hydrogen (secondary N) is 1. The topological polar surface area (TPSA) is 70.2 Å². The number of hydrogen-bond acceptors (Lipinski definition) is 7. The van der Waals surface area contributed by atoms with E-state index in [1.54, 1.807) is 0 Å². The third-order valence-electron chi connectivity index (χ3n) is 4.69. The molecule has 2 aromatic rings. The summed E-state index contributed by atoms with van der Waals surface area (Å²) in [5.41, 5.74) is 0. The summed E-state index contributed by atoms with van der Waals surface area (Å²) in [6.07, 6.45) is 4.42. The van der Waals surface area contributed by atoms with Gasteiger partial charge in [-0.2, -0.15) is 5.10 Å². The molecule has 130 valence electrons. The van der Waals surface area contributed by atoms with Crippen LogP contribution in [0, 0.1) is 6.92 Å². The van der Waals surface area contributed by atoms with E-state index in [1.165, 1.54) is 17.7 Å². The zero-order chi connectivity index (χ0) is 16.4. The quantitative estimate of drug-likeness (QED) is 0.908. The number of anilines is 1. The Morgan fingerprint density at radius 2 is 2.21 bits per heavy atom. The summed E-state index contributed by atoms with van der Waals surface area (Å²) in [5, 5.41) is 8.45. The molecule has 0 bridgehead atoms. The van der Waals surface area contributed by atoms with Crippen LogP contribution in [-0.2, 0) is 11.3 Å². The van der Waals surface area contributed by atoms with Crippen molar-refractivity contribution in [3.8, 4) is 0 Å². The van der Waals surface area contributed by atoms with E-state index in [9.17, 15) is 0 Å². The molecule has 0 saturated carbocycles. The predicted molar refractivity (Wildman–Crippen MR) is 93.5 cm³/mol. The molecule has 2 aliphatic rings. The Labute approximate surface area is 146 Å². The van der Waals surface area contributed by atoms with Gasteiger partial charge >= 0.3 is 0 Å². The first-order valence-electron chi connectivity index (χ1n) is 8.66. The second-order valence-electron chi connectivity index (χ2n) is 6.56. The average Bonchev–Trinajstić information content (AvgIpc) is 3.25. The molecule has 0 spiro atoms. The van der Waals surface area contributed by atoms with Gasteiger partial charge < -0.3 is 9.64 Å². The molecular formula is C16H24N6OS. The third-order valence-corrected chi connectivity index (χ3v) is 5.73. The van der Waals surface area contributed by atoms with Crippen molar-refractivity contribution in [2.45, 2.75) is 32.2 Å². The molecule has 0 amide bonds. The lowest BCUT2D eigenvalue weighted by Gasteiger charge is -2.30. The fourth-order valence-electron chi connectivity index (χ4n) is 3.44. The highest BCUT2D eigenvalue weighted by atomic mass is 32.1. The number of H-pyrrole nitrogens is 1. The van der Waals surface area contributed by atoms with Crippen LogP contribution in [0.2, 0.25) is 0 Å². The predicted octanol–water partition coefficient (Wildman–Crippen LogP) is 1.79. The maximum absolute atomic E-state index is 5.42. The van der Waals surface area contributed by atoms with Crippen LogP contribution >= 0.6 is 11.3 Å². The van der Waals surface area contributed by atoms with E-state index in [1.807, 2.05) is 24.5 Å². The summed E-state index contributed by atoms with van der Waals surface area (Å²) in [5.74, 6) is 2.31. The number of aromatic amines is 1. The minimum absolute atomic E-state index is 0.440. The molecule has 4 rings (SSSR count). The van der Waals surface area contributed by atoms with E-state index < -0.39 is 0 Å². The molecule has 1 N–H and O–H groups in total. The van der Waals surface area contributed by atoms with E-state index in [0.29, 0.717) is 5.92 Å². The lowest BCUT2D eigenvalue weighted by atomic mass is 9.97. The van der Waals surface area contributed by atoms with Crippen molar-refractivity contribution >= 4 is 16.5 Å². The van der Waals surface area contributed by atoms with Gasteiger partial charge in [-0.3, -0.25) is 10.00 Å². The van der Waals surface area contributed by atoms with Crippen LogP contribution in [0.4, 0.5) is 5.13 Å². The average molecular weight is 348 g/mol. The van der Waals surface area contributed by atoms with Gasteiger partial charge in [-0.05, 0) is 26.3 Å². The molecule has 1 atom stereocenters. The minimum atomic E-state index is 0.440. The van der Waals surface area contributed by atoms with Crippen molar-refractivity contribution < 1.29 is 4.74 Å². The van der Waals surface area contributed by atoms with Crippen molar-refractivity contribution in [1.82, 2.24) is 25.1 Å². The van der Waals surface area contributed by atoms with E-state index in [4.69, 9.17) is 4.74 Å². The van der Waals surface area contributed by atoms with Gasteiger partial charge in [-0.25, -0.2) is 9.97 Å². The van der Waals surface area contributed by atoms with Crippen LogP contribution in [0.1, 0.15) is 35.3 Å². The van der Waals surface area contributed by atoms with Gasteiger partial charge in [-0.15, -0.1) is 11.3 Å². The summed E-state index contributed by atoms with van der Waals surface area (Å²) >= 11 is 1.81. The van der Waals surface area contributed by atoms with Gasteiger partial charge in [0.15, 0.2) is 11.0 Å². The molecule has 2 aliphatic heterocycles. The van der Waals surface area contributed by atoms with Crippen LogP contribution in [0.15, 0.2) is 6.20 Å². The van der Waals surface area contributed by atoms with E-state index in [0.717, 1.165) is 62.7 Å². The maximum Gasteiger partial charge on any atom is 0.185 e. The molecule has 4 heterocycles. The van der Waals surface area contributed by atoms with Crippen LogP contribution in [0.25, 0.3) is 0 Å². The highest BCUT2D eigenvalue weighted by Gasteiger charge is 2.25. The van der Waals surface area contributed by atoms with Crippen molar-refractivity contribution in [3.05, 3.63) is 22.7 Å². The zero-order valence-corrected chi connectivity index (χ0v) is 14.9. The first kappa shape index (κ1) is 16.0. The molecule has 8 heteroatoms. The number of aryl methyl sites for hydroxylation is 1. The Morgan fingerprint density at radius 3 is 3.00 bits per heavy atom. The molecule has 7 nitrogen and oxygen atoms in total.